The van der Waals surface area contributed by atoms with E-state index in [9.17, 15) is 0 Å². The first-order valence-electron chi connectivity index (χ1n) is 6.05. The van der Waals surface area contributed by atoms with Gasteiger partial charge in [0.05, 0.1) is 6.04 Å². The van der Waals surface area contributed by atoms with Gasteiger partial charge in [-0.15, -0.1) is 0 Å². The van der Waals surface area contributed by atoms with Gasteiger partial charge in [-0.25, -0.2) is 5.43 Å². The number of hydrogen-bond donors (Lipinski definition) is 2. The van der Waals surface area contributed by atoms with Gasteiger partial charge >= 0.3 is 0 Å². The number of nitrogens with one attached hydrogen (secondary N) is 1. The van der Waals surface area contributed by atoms with Crippen LogP contribution >= 0.6 is 22.6 Å². The predicted octanol–water partition coefficient (Wildman–Crippen LogP) is 3.41. The molecular weight excluding hydrogens is 335 g/mol. The first kappa shape index (κ1) is 13.5. The number of hydrazine groups is 1. The van der Waals surface area contributed by atoms with Gasteiger partial charge in [-0.3, -0.25) is 5.84 Å². The summed E-state index contributed by atoms with van der Waals surface area (Å²) in [6, 6.07) is 17.1. The zero-order valence-electron chi connectivity index (χ0n) is 10.4. The van der Waals surface area contributed by atoms with Gasteiger partial charge in [-0.2, -0.15) is 0 Å². The number of benzene rings is 2. The van der Waals surface area contributed by atoms with Gasteiger partial charge in [0.15, 0.2) is 0 Å². The Morgan fingerprint density at radius 3 is 1.94 bits per heavy atom. The van der Waals surface area contributed by atoms with Crippen molar-refractivity contribution < 1.29 is 0 Å². The molecule has 0 amide bonds. The van der Waals surface area contributed by atoms with Gasteiger partial charge < -0.3 is 0 Å². The minimum absolute atomic E-state index is 0.0490. The molecule has 2 aromatic carbocycles. The topological polar surface area (TPSA) is 38.0 Å². The van der Waals surface area contributed by atoms with Crippen LogP contribution in [0, 0.1) is 3.57 Å². The molecule has 0 aliphatic heterocycles. The van der Waals surface area contributed by atoms with Crippen LogP contribution in [0.1, 0.15) is 29.7 Å². The summed E-state index contributed by atoms with van der Waals surface area (Å²) >= 11 is 2.30. The van der Waals surface area contributed by atoms with E-state index in [0.29, 0.717) is 0 Å². The van der Waals surface area contributed by atoms with Crippen molar-refractivity contribution in [1.82, 2.24) is 5.43 Å². The number of halogens is 1. The predicted molar refractivity (Wildman–Crippen MR) is 84.1 cm³/mol. The van der Waals surface area contributed by atoms with Crippen molar-refractivity contribution in [1.29, 1.82) is 0 Å². The van der Waals surface area contributed by atoms with E-state index in [1.165, 1.54) is 20.3 Å². The second-order valence-electron chi connectivity index (χ2n) is 4.25. The minimum Gasteiger partial charge on any atom is -0.271 e. The lowest BCUT2D eigenvalue weighted by Gasteiger charge is -2.17. The third-order valence-electron chi connectivity index (χ3n) is 3.09. The summed E-state index contributed by atoms with van der Waals surface area (Å²) in [5, 5.41) is 0. The molecule has 1 unspecified atom stereocenters. The summed E-state index contributed by atoms with van der Waals surface area (Å²) in [7, 11) is 0. The zero-order valence-corrected chi connectivity index (χ0v) is 12.5. The Morgan fingerprint density at radius 2 is 1.50 bits per heavy atom. The maximum Gasteiger partial charge on any atom is 0.0710 e. The summed E-state index contributed by atoms with van der Waals surface area (Å²) in [5.74, 6) is 5.69. The van der Waals surface area contributed by atoms with Gasteiger partial charge in [-0.05, 0) is 57.8 Å². The highest BCUT2D eigenvalue weighted by molar-refractivity contribution is 14.1. The lowest BCUT2D eigenvalue weighted by Crippen LogP contribution is -2.28. The molecule has 0 radical (unpaired) electrons. The fourth-order valence-electron chi connectivity index (χ4n) is 1.99. The molecular formula is C15H17IN2. The lowest BCUT2D eigenvalue weighted by atomic mass is 9.98. The monoisotopic (exact) mass is 352 g/mol. The van der Waals surface area contributed by atoms with Gasteiger partial charge in [0.25, 0.3) is 0 Å². The SMILES string of the molecule is CCc1ccc(C(NN)c2ccc(I)cc2)cc1. The maximum absolute atomic E-state index is 5.69. The van der Waals surface area contributed by atoms with E-state index < -0.39 is 0 Å². The average Bonchev–Trinajstić information content (AvgIpc) is 2.42. The van der Waals surface area contributed by atoms with Crippen LogP contribution in [0.4, 0.5) is 0 Å². The lowest BCUT2D eigenvalue weighted by molar-refractivity contribution is 0.636. The molecule has 3 N–H and O–H groups in total. The van der Waals surface area contributed by atoms with Crippen molar-refractivity contribution >= 4 is 22.6 Å². The molecule has 0 fully saturated rings. The fraction of sp³-hybridized carbons (Fsp3) is 0.200. The van der Waals surface area contributed by atoms with Crippen LogP contribution in [-0.2, 0) is 6.42 Å². The summed E-state index contributed by atoms with van der Waals surface area (Å²) in [6.45, 7) is 2.16. The second-order valence-corrected chi connectivity index (χ2v) is 5.49. The van der Waals surface area contributed by atoms with Crippen molar-refractivity contribution in [2.45, 2.75) is 19.4 Å². The average molecular weight is 352 g/mol. The standard InChI is InChI=1S/C15H17IN2/c1-2-11-3-5-12(6-4-11)15(18-17)13-7-9-14(16)10-8-13/h3-10,15,18H,2,17H2,1H3. The van der Waals surface area contributed by atoms with E-state index >= 15 is 0 Å². The maximum atomic E-state index is 5.69. The Labute approximate surface area is 122 Å². The minimum atomic E-state index is 0.0490. The fourth-order valence-corrected chi connectivity index (χ4v) is 2.35. The van der Waals surface area contributed by atoms with Gasteiger partial charge in [-0.1, -0.05) is 43.3 Å². The summed E-state index contributed by atoms with van der Waals surface area (Å²) in [4.78, 5) is 0. The van der Waals surface area contributed by atoms with Crippen molar-refractivity contribution in [2.75, 3.05) is 0 Å². The molecule has 18 heavy (non-hydrogen) atoms. The third kappa shape index (κ3) is 3.10. The molecule has 0 bridgehead atoms. The number of rotatable bonds is 4. The first-order valence-corrected chi connectivity index (χ1v) is 7.13. The van der Waals surface area contributed by atoms with E-state index in [2.05, 4.69) is 83.5 Å². The van der Waals surface area contributed by atoms with Crippen LogP contribution in [0.3, 0.4) is 0 Å². The summed E-state index contributed by atoms with van der Waals surface area (Å²) in [5.41, 5.74) is 6.61. The molecule has 2 aromatic rings. The third-order valence-corrected chi connectivity index (χ3v) is 3.81. The molecule has 0 aliphatic rings. The van der Waals surface area contributed by atoms with E-state index in [-0.39, 0.29) is 6.04 Å². The molecule has 0 aromatic heterocycles. The highest BCUT2D eigenvalue weighted by Crippen LogP contribution is 2.22. The summed E-state index contributed by atoms with van der Waals surface area (Å²) < 4.78 is 1.23. The van der Waals surface area contributed by atoms with Crippen molar-refractivity contribution in [3.8, 4) is 0 Å². The molecule has 0 heterocycles. The quantitative estimate of drug-likeness (QED) is 0.503. The normalized spacial score (nSPS) is 12.4. The molecule has 2 nitrogen and oxygen atoms in total. The molecule has 2 rings (SSSR count). The van der Waals surface area contributed by atoms with Gasteiger partial charge in [0.2, 0.25) is 0 Å². The Balaban J connectivity index is 2.29. The Morgan fingerprint density at radius 1 is 1.00 bits per heavy atom. The molecule has 0 saturated carbocycles. The van der Waals surface area contributed by atoms with E-state index in [1.54, 1.807) is 0 Å². The molecule has 1 atom stereocenters. The Kier molecular flexibility index (Phi) is 4.74. The summed E-state index contributed by atoms with van der Waals surface area (Å²) in [6.07, 6.45) is 1.06. The zero-order chi connectivity index (χ0) is 13.0. The Bertz CT molecular complexity index is 491. The number of aryl methyl sites for hydroxylation is 1. The molecule has 94 valence electrons. The van der Waals surface area contributed by atoms with E-state index in [1.807, 2.05) is 0 Å². The smallest absolute Gasteiger partial charge is 0.0710 e. The van der Waals surface area contributed by atoms with E-state index in [0.717, 1.165) is 6.42 Å². The largest absolute Gasteiger partial charge is 0.271 e. The molecule has 0 spiro atoms. The number of nitrogens with two attached hydrogens (primary N) is 1. The van der Waals surface area contributed by atoms with Gasteiger partial charge in [0, 0.05) is 3.57 Å². The Hall–Kier alpha value is -0.910. The highest BCUT2D eigenvalue weighted by atomic mass is 127. The second kappa shape index (κ2) is 6.31. The van der Waals surface area contributed by atoms with Crippen molar-refractivity contribution in [3.63, 3.8) is 0 Å². The van der Waals surface area contributed by atoms with E-state index in [4.69, 9.17) is 5.84 Å². The first-order chi connectivity index (χ1) is 8.74. The van der Waals surface area contributed by atoms with Crippen LogP contribution in [0.15, 0.2) is 48.5 Å². The van der Waals surface area contributed by atoms with Crippen LogP contribution in [-0.4, -0.2) is 0 Å². The van der Waals surface area contributed by atoms with Crippen LogP contribution in [0.5, 0.6) is 0 Å². The van der Waals surface area contributed by atoms with Crippen LogP contribution in [0.2, 0.25) is 0 Å². The highest BCUT2D eigenvalue weighted by Gasteiger charge is 2.11. The molecule has 0 saturated heterocycles. The van der Waals surface area contributed by atoms with Crippen LogP contribution < -0.4 is 11.3 Å². The van der Waals surface area contributed by atoms with Crippen LogP contribution in [0.25, 0.3) is 0 Å². The van der Waals surface area contributed by atoms with Gasteiger partial charge in [0.1, 0.15) is 0 Å². The molecule has 3 heteroatoms. The van der Waals surface area contributed by atoms with Crippen molar-refractivity contribution in [3.05, 3.63) is 68.8 Å². The van der Waals surface area contributed by atoms with Crippen molar-refractivity contribution in [2.24, 2.45) is 5.84 Å². The number of hydrogen-bond acceptors (Lipinski definition) is 2. The molecule has 0 aliphatic carbocycles.